The average Bonchev–Trinajstić information content (AvgIpc) is 2.66. The molecule has 3 nitrogen and oxygen atoms in total. The van der Waals surface area contributed by atoms with Crippen LogP contribution < -0.4 is 5.73 Å². The summed E-state index contributed by atoms with van der Waals surface area (Å²) >= 11 is 0. The summed E-state index contributed by atoms with van der Waals surface area (Å²) in [7, 11) is 0. The van der Waals surface area contributed by atoms with Crippen LogP contribution in [0.25, 0.3) is 0 Å². The Morgan fingerprint density at radius 2 is 1.88 bits per heavy atom. The molecule has 88 valence electrons. The minimum atomic E-state index is -0.478. The Hall–Kier alpha value is -0.900. The second-order valence-corrected chi connectivity index (χ2v) is 4.48. The molecule has 0 bridgehead atoms. The molecule has 0 radical (unpaired) electrons. The van der Waals surface area contributed by atoms with Crippen LogP contribution in [0.1, 0.15) is 18.9 Å². The van der Waals surface area contributed by atoms with Crippen LogP contribution >= 0.6 is 0 Å². The fourth-order valence-electron chi connectivity index (χ4n) is 2.14. The van der Waals surface area contributed by atoms with E-state index in [2.05, 4.69) is 12.1 Å². The van der Waals surface area contributed by atoms with E-state index in [1.807, 2.05) is 25.1 Å². The van der Waals surface area contributed by atoms with Crippen LogP contribution in [0, 0.1) is 0 Å². The first-order valence-corrected chi connectivity index (χ1v) is 5.75. The normalized spacial score (nSPS) is 20.9. The van der Waals surface area contributed by atoms with Crippen molar-refractivity contribution < 1.29 is 9.47 Å². The summed E-state index contributed by atoms with van der Waals surface area (Å²) in [5, 5.41) is 0. The fourth-order valence-corrected chi connectivity index (χ4v) is 2.14. The Kier molecular flexibility index (Phi) is 3.59. The number of hydrogen-bond donors (Lipinski definition) is 1. The summed E-state index contributed by atoms with van der Waals surface area (Å²) < 4.78 is 11.1. The maximum atomic E-state index is 6.11. The monoisotopic (exact) mass is 221 g/mol. The second-order valence-electron chi connectivity index (χ2n) is 4.48. The quantitative estimate of drug-likeness (QED) is 0.841. The van der Waals surface area contributed by atoms with Crippen molar-refractivity contribution in [3.05, 3.63) is 35.9 Å². The molecule has 0 aliphatic carbocycles. The number of nitrogens with two attached hydrogens (primary N) is 1. The molecule has 1 fully saturated rings. The Morgan fingerprint density at radius 1 is 1.25 bits per heavy atom. The Labute approximate surface area is 96.5 Å². The maximum absolute atomic E-state index is 6.11. The van der Waals surface area contributed by atoms with Gasteiger partial charge in [0.15, 0.2) is 5.79 Å². The summed E-state index contributed by atoms with van der Waals surface area (Å²) in [5.74, 6) is -0.478. The highest BCUT2D eigenvalue weighted by Gasteiger charge is 2.32. The van der Waals surface area contributed by atoms with Gasteiger partial charge < -0.3 is 15.2 Å². The Bertz CT molecular complexity index is 320. The van der Waals surface area contributed by atoms with E-state index in [0.29, 0.717) is 13.2 Å². The minimum absolute atomic E-state index is 0.0745. The zero-order valence-corrected chi connectivity index (χ0v) is 9.69. The van der Waals surface area contributed by atoms with Gasteiger partial charge in [-0.25, -0.2) is 0 Å². The van der Waals surface area contributed by atoms with Crippen molar-refractivity contribution in [3.8, 4) is 0 Å². The molecule has 1 aliphatic heterocycles. The fraction of sp³-hybridized carbons (Fsp3) is 0.538. The van der Waals surface area contributed by atoms with Crippen molar-refractivity contribution in [2.45, 2.75) is 31.6 Å². The Balaban J connectivity index is 1.86. The molecule has 1 heterocycles. The van der Waals surface area contributed by atoms with Gasteiger partial charge in [0.05, 0.1) is 13.2 Å². The number of ether oxygens (including phenoxy) is 2. The van der Waals surface area contributed by atoms with Crippen molar-refractivity contribution in [2.75, 3.05) is 13.2 Å². The third-order valence-electron chi connectivity index (χ3n) is 2.87. The lowest BCUT2D eigenvalue weighted by Gasteiger charge is -2.25. The summed E-state index contributed by atoms with van der Waals surface area (Å²) in [4.78, 5) is 0. The molecular weight excluding hydrogens is 202 g/mol. The molecule has 1 unspecified atom stereocenters. The summed E-state index contributed by atoms with van der Waals surface area (Å²) in [6, 6.07) is 10.3. The molecule has 16 heavy (non-hydrogen) atoms. The van der Waals surface area contributed by atoms with Crippen LogP contribution in [0.3, 0.4) is 0 Å². The third-order valence-corrected chi connectivity index (χ3v) is 2.87. The van der Waals surface area contributed by atoms with Gasteiger partial charge in [-0.3, -0.25) is 0 Å². The SMILES string of the molecule is CC1(CC(N)Cc2ccccc2)OCCO1. The van der Waals surface area contributed by atoms with Crippen LogP contribution in [0.2, 0.25) is 0 Å². The largest absolute Gasteiger partial charge is 0.348 e. The molecule has 3 heteroatoms. The molecule has 0 amide bonds. The molecular formula is C13H19NO2. The van der Waals surface area contributed by atoms with E-state index in [9.17, 15) is 0 Å². The zero-order valence-electron chi connectivity index (χ0n) is 9.69. The first kappa shape index (κ1) is 11.6. The van der Waals surface area contributed by atoms with E-state index in [1.54, 1.807) is 0 Å². The molecule has 1 aliphatic rings. The predicted molar refractivity (Wildman–Crippen MR) is 63.0 cm³/mol. The standard InChI is InChI=1S/C13H19NO2/c1-13(15-7-8-16-13)10-12(14)9-11-5-3-2-4-6-11/h2-6,12H,7-10,14H2,1H3. The number of hydrogen-bond acceptors (Lipinski definition) is 3. The molecule has 0 aromatic heterocycles. The number of benzene rings is 1. The van der Waals surface area contributed by atoms with Gasteiger partial charge in [-0.1, -0.05) is 30.3 Å². The highest BCUT2D eigenvalue weighted by atomic mass is 16.7. The molecule has 0 saturated carbocycles. The number of rotatable bonds is 4. The van der Waals surface area contributed by atoms with Gasteiger partial charge in [-0.15, -0.1) is 0 Å². The van der Waals surface area contributed by atoms with Gasteiger partial charge in [0.25, 0.3) is 0 Å². The van der Waals surface area contributed by atoms with Crippen molar-refractivity contribution in [1.82, 2.24) is 0 Å². The molecule has 1 saturated heterocycles. The molecule has 2 rings (SSSR count). The van der Waals surface area contributed by atoms with Gasteiger partial charge >= 0.3 is 0 Å². The lowest BCUT2D eigenvalue weighted by molar-refractivity contribution is -0.149. The first-order valence-electron chi connectivity index (χ1n) is 5.75. The van der Waals surface area contributed by atoms with Crippen LogP contribution in [0.4, 0.5) is 0 Å². The molecule has 2 N–H and O–H groups in total. The predicted octanol–water partition coefficient (Wildman–Crippen LogP) is 1.71. The van der Waals surface area contributed by atoms with Crippen molar-refractivity contribution in [2.24, 2.45) is 5.73 Å². The van der Waals surface area contributed by atoms with Crippen LogP contribution in [0.15, 0.2) is 30.3 Å². The van der Waals surface area contributed by atoms with Gasteiger partial charge in [-0.05, 0) is 18.9 Å². The van der Waals surface area contributed by atoms with Crippen molar-refractivity contribution in [3.63, 3.8) is 0 Å². The lowest BCUT2D eigenvalue weighted by Crippen LogP contribution is -2.36. The molecule has 0 spiro atoms. The van der Waals surface area contributed by atoms with Crippen LogP contribution in [-0.2, 0) is 15.9 Å². The summed E-state index contributed by atoms with van der Waals surface area (Å²) in [5.41, 5.74) is 7.37. The van der Waals surface area contributed by atoms with Crippen LogP contribution in [-0.4, -0.2) is 25.0 Å². The van der Waals surface area contributed by atoms with E-state index >= 15 is 0 Å². The summed E-state index contributed by atoms with van der Waals surface area (Å²) in [6.45, 7) is 3.31. The third kappa shape index (κ3) is 3.04. The van der Waals surface area contributed by atoms with Crippen LogP contribution in [0.5, 0.6) is 0 Å². The van der Waals surface area contributed by atoms with Gasteiger partial charge in [0.1, 0.15) is 0 Å². The van der Waals surface area contributed by atoms with E-state index in [0.717, 1.165) is 12.8 Å². The lowest BCUT2D eigenvalue weighted by atomic mass is 10.0. The molecule has 1 atom stereocenters. The van der Waals surface area contributed by atoms with Crippen molar-refractivity contribution >= 4 is 0 Å². The Morgan fingerprint density at radius 3 is 2.50 bits per heavy atom. The van der Waals surface area contributed by atoms with Gasteiger partial charge in [-0.2, -0.15) is 0 Å². The maximum Gasteiger partial charge on any atom is 0.167 e. The second kappa shape index (κ2) is 4.95. The zero-order chi connectivity index (χ0) is 11.4. The summed E-state index contributed by atoms with van der Waals surface area (Å²) in [6.07, 6.45) is 1.60. The molecule has 1 aromatic carbocycles. The van der Waals surface area contributed by atoms with Gasteiger partial charge in [0.2, 0.25) is 0 Å². The van der Waals surface area contributed by atoms with Gasteiger partial charge in [0, 0.05) is 12.5 Å². The topological polar surface area (TPSA) is 44.5 Å². The van der Waals surface area contributed by atoms with E-state index in [1.165, 1.54) is 5.56 Å². The smallest absolute Gasteiger partial charge is 0.167 e. The van der Waals surface area contributed by atoms with Crippen molar-refractivity contribution in [1.29, 1.82) is 0 Å². The molecule has 1 aromatic rings. The first-order chi connectivity index (χ1) is 7.68. The highest BCUT2D eigenvalue weighted by molar-refractivity contribution is 5.15. The van der Waals surface area contributed by atoms with E-state index in [-0.39, 0.29) is 6.04 Å². The average molecular weight is 221 g/mol. The van der Waals surface area contributed by atoms with E-state index in [4.69, 9.17) is 15.2 Å². The minimum Gasteiger partial charge on any atom is -0.348 e. The highest BCUT2D eigenvalue weighted by Crippen LogP contribution is 2.24. The van der Waals surface area contributed by atoms with E-state index < -0.39 is 5.79 Å².